The lowest BCUT2D eigenvalue weighted by Gasteiger charge is -2.39. The van der Waals surface area contributed by atoms with Crippen LogP contribution >= 0.6 is 23.2 Å². The summed E-state index contributed by atoms with van der Waals surface area (Å²) < 4.78 is 109. The highest BCUT2D eigenvalue weighted by molar-refractivity contribution is 7.91. The molecule has 6 aliphatic rings. The lowest BCUT2D eigenvalue weighted by Crippen LogP contribution is -2.47. The second-order valence-corrected chi connectivity index (χ2v) is 42.3. The number of hydrogen-bond acceptors (Lipinski definition) is 22. The van der Waals surface area contributed by atoms with Gasteiger partial charge in [-0.2, -0.15) is 0 Å². The van der Waals surface area contributed by atoms with E-state index < -0.39 is 72.7 Å². The van der Waals surface area contributed by atoms with Crippen LogP contribution in [0.15, 0.2) is 233 Å². The van der Waals surface area contributed by atoms with E-state index in [4.69, 9.17) is 42.1 Å². The van der Waals surface area contributed by atoms with Gasteiger partial charge >= 0.3 is 0 Å². The van der Waals surface area contributed by atoms with Gasteiger partial charge in [0.1, 0.15) is 45.8 Å². The van der Waals surface area contributed by atoms with Crippen LogP contribution < -0.4 is 38.2 Å². The fourth-order valence-electron chi connectivity index (χ4n) is 18.2. The minimum absolute atomic E-state index is 0.00596. The van der Waals surface area contributed by atoms with E-state index in [1.165, 1.54) is 76.1 Å². The minimum Gasteiger partial charge on any atom is -0.492 e. The molecule has 12 aromatic rings. The van der Waals surface area contributed by atoms with E-state index in [1.54, 1.807) is 67.0 Å². The van der Waals surface area contributed by atoms with E-state index in [0.717, 1.165) is 148 Å². The Morgan fingerprint density at radius 1 is 0.511 bits per heavy atom. The first-order valence-electron chi connectivity index (χ1n) is 43.3. The van der Waals surface area contributed by atoms with Crippen LogP contribution in [0.2, 0.25) is 10.0 Å². The average Bonchev–Trinajstić information content (AvgIpc) is 1.27. The zero-order chi connectivity index (χ0) is 92.0. The molecular weight excluding hydrogens is 1770 g/mol. The monoisotopic (exact) mass is 1860 g/mol. The van der Waals surface area contributed by atoms with Crippen molar-refractivity contribution in [2.24, 2.45) is 10.8 Å². The number of carbonyl (C=O) groups excluding carboxylic acids is 2. The van der Waals surface area contributed by atoms with E-state index >= 15 is 0 Å². The average molecular weight is 1870 g/mol. The third kappa shape index (κ3) is 20.7. The molecule has 18 rings (SSSR count). The fraction of sp³-hybridized carbons (Fsp3) is 0.306. The van der Waals surface area contributed by atoms with Crippen molar-refractivity contribution in [3.63, 3.8) is 0 Å². The van der Waals surface area contributed by atoms with Gasteiger partial charge in [-0.15, -0.1) is 0 Å². The summed E-state index contributed by atoms with van der Waals surface area (Å²) in [6.07, 6.45) is 14.4. The summed E-state index contributed by atoms with van der Waals surface area (Å²) in [5.41, 5.74) is 13.6. The van der Waals surface area contributed by atoms with Gasteiger partial charge in [-0.05, 0) is 187 Å². The Bertz CT molecular complexity index is 6890. The van der Waals surface area contributed by atoms with Crippen LogP contribution in [0, 0.1) is 38.0 Å². The molecule has 33 heteroatoms. The second-order valence-electron chi connectivity index (χ2n) is 36.0. The van der Waals surface area contributed by atoms with Crippen LogP contribution in [0.5, 0.6) is 34.5 Å². The number of nitrogens with zero attached hydrogens (tertiary/aromatic N) is 8. The van der Waals surface area contributed by atoms with Crippen LogP contribution in [0.1, 0.15) is 138 Å². The summed E-state index contributed by atoms with van der Waals surface area (Å²) in [6, 6.07) is 51.9. The molecule has 2 saturated heterocycles. The zero-order valence-corrected chi connectivity index (χ0v) is 77.0. The number of fused-ring (bicyclic) bond motifs is 4. The Balaban J connectivity index is 0.000000183. The summed E-state index contributed by atoms with van der Waals surface area (Å²) in [6.45, 7) is 19.3. The molecule has 2 atom stereocenters. The molecule has 2 amide bonds. The number of ether oxygens (including phenoxy) is 4. The van der Waals surface area contributed by atoms with Crippen LogP contribution in [-0.4, -0.2) is 162 Å². The van der Waals surface area contributed by atoms with E-state index in [-0.39, 0.29) is 93.3 Å². The molecule has 0 radical (unpaired) electrons. The first-order valence-corrected chi connectivity index (χ1v) is 49.0. The fourth-order valence-corrected chi connectivity index (χ4v) is 21.1. The number of amides is 2. The number of rotatable bonds is 23. The summed E-state index contributed by atoms with van der Waals surface area (Å²) in [4.78, 5) is 75.1. The molecule has 2 fully saturated rings. The number of sulfonamides is 2. The Morgan fingerprint density at radius 3 is 1.30 bits per heavy atom. The molecule has 8 aromatic carbocycles. The van der Waals surface area contributed by atoms with Gasteiger partial charge in [0.2, 0.25) is 0 Å². The van der Waals surface area contributed by atoms with Crippen LogP contribution in [0.25, 0.3) is 33.2 Å². The predicted molar refractivity (Wildman–Crippen MR) is 505 cm³/mol. The van der Waals surface area contributed by atoms with Gasteiger partial charge in [-0.1, -0.05) is 128 Å². The van der Waals surface area contributed by atoms with Gasteiger partial charge in [0.25, 0.3) is 43.2 Å². The second kappa shape index (κ2) is 37.0. The molecule has 678 valence electrons. The van der Waals surface area contributed by atoms with Crippen molar-refractivity contribution in [1.29, 1.82) is 0 Å². The zero-order valence-electron chi connectivity index (χ0n) is 73.0. The number of aryl methyl sites for hydroxylation is 1. The maximum Gasteiger partial charge on any atom is 0.277 e. The number of aromatic amines is 2. The highest BCUT2D eigenvalue weighted by Gasteiger charge is 2.38. The van der Waals surface area contributed by atoms with E-state index in [2.05, 4.69) is 101 Å². The molecule has 4 aliphatic heterocycles. The van der Waals surface area contributed by atoms with Crippen molar-refractivity contribution in [1.82, 2.24) is 39.2 Å². The first-order chi connectivity index (χ1) is 62.6. The minimum atomic E-state index is -4.71. The number of halogens is 2. The van der Waals surface area contributed by atoms with Gasteiger partial charge in [0.15, 0.2) is 9.84 Å². The largest absolute Gasteiger partial charge is 0.492 e. The molecule has 0 saturated carbocycles. The lowest BCUT2D eigenvalue weighted by atomic mass is 9.72. The molecule has 4 aromatic heterocycles. The molecule has 4 N–H and O–H groups in total. The molecule has 28 nitrogen and oxygen atoms in total. The number of benzene rings is 8. The Kier molecular flexibility index (Phi) is 25.6. The van der Waals surface area contributed by atoms with Gasteiger partial charge in [0.05, 0.1) is 72.4 Å². The summed E-state index contributed by atoms with van der Waals surface area (Å²) in [5.74, 6) is -1.56. The number of nitrogens with one attached hydrogen (secondary N) is 4. The number of pyridine rings is 2. The standard InChI is InChI=1S/C49H49ClN6O9S2.C49H49ClN6O7S/c1-49(2)16-14-34(43(27-49)32-4-8-36(50)9-5-32)29-54-18-20-55(21-19-54)37-10-13-41(46(24-37)65-38-22-33-15-17-51-47(33)52-28-38)48(57)53-67(62,63)40-25-44(56(58)59)42-23-35(30-64-45(42)26-40)31-6-11-39(12-7-31)66(3,60)61;1-31-4-6-32(7-5-31)36-23-42-44(56(58)59)25-40(26-45(42)62-30-36)64(60,61)53-48(57)41-13-12-38(24-46(41)63-39-22-34-15-17-51-47(34)52-28-39)55-20-18-54(19-21-55)29-35-14-16-49(2,3)27-43(35)33-8-10-37(50)11-9-33/h4-13,15,17,22,24-26,28,35H,14,16,18-21,23,27,29-30H2,1-3H3,(H,51,52)(H,53,57);4-13,15,17,22,24-26,28,36H,14,16,18-21,23,27,29-30H2,1-3H3,(H,51,52)(H,53,57)/t35-;36-/m10/s1. The quantitative estimate of drug-likeness (QED) is 0.0341. The van der Waals surface area contributed by atoms with Crippen LogP contribution in [0.3, 0.4) is 0 Å². The topological polar surface area (TPSA) is 354 Å². The van der Waals surface area contributed by atoms with Crippen LogP contribution in [-0.2, 0) is 42.7 Å². The van der Waals surface area contributed by atoms with Gasteiger partial charge in [0, 0.05) is 165 Å². The highest BCUT2D eigenvalue weighted by Crippen LogP contribution is 2.48. The number of H-pyrrole nitrogens is 2. The SMILES string of the molecule is CC1(C)CCC(CN2CCN(c3ccc(C(=O)NS(=O)(=O)c4cc5c(c([N+](=O)[O-])c4)C[C@@H](c4ccc(S(C)(=O)=O)cc4)CO5)c(Oc4cnc5[nH]ccc5c4)c3)CC2)=C(c2ccc(Cl)cc2)C1.Cc1ccc([C@@H]2COc3cc(S(=O)(=O)NC(=O)c4ccc(N5CCN(CC6=C(c7ccc(Cl)cc7)CC(C)(C)CC6)CC5)cc4Oc4cnc5[nH]ccc5c4)cc([N+](=O)[O-])c3C2)cc1. The normalized spacial score (nSPS) is 17.7. The smallest absolute Gasteiger partial charge is 0.277 e. The van der Waals surface area contributed by atoms with Crippen molar-refractivity contribution < 1.29 is 63.6 Å². The Hall–Kier alpha value is -12.5. The molecule has 0 spiro atoms. The van der Waals surface area contributed by atoms with Crippen molar-refractivity contribution in [3.05, 3.63) is 298 Å². The first kappa shape index (κ1) is 90.4. The van der Waals surface area contributed by atoms with Crippen molar-refractivity contribution in [2.75, 3.05) is 94.7 Å². The molecule has 2 aliphatic carbocycles. The highest BCUT2D eigenvalue weighted by atomic mass is 35.5. The molecular formula is C98H98Cl2N12O16S3. The van der Waals surface area contributed by atoms with Gasteiger partial charge in [-0.25, -0.2) is 44.7 Å². The maximum absolute atomic E-state index is 14.1. The molecule has 8 heterocycles. The number of carbonyl (C=O) groups is 2. The van der Waals surface area contributed by atoms with Crippen molar-refractivity contribution in [2.45, 2.75) is 113 Å². The van der Waals surface area contributed by atoms with Crippen molar-refractivity contribution >= 4 is 121 Å². The number of hydrogen-bond donors (Lipinski definition) is 4. The Labute approximate surface area is 769 Å². The summed E-state index contributed by atoms with van der Waals surface area (Å²) >= 11 is 12.5. The summed E-state index contributed by atoms with van der Waals surface area (Å²) in [7, 11) is -12.8. The van der Waals surface area contributed by atoms with Crippen LogP contribution in [0.4, 0.5) is 22.7 Å². The third-order valence-electron chi connectivity index (χ3n) is 25.6. The number of aromatic nitrogens is 4. The number of nitro benzene ring substituents is 2. The van der Waals surface area contributed by atoms with E-state index in [1.807, 2.05) is 67.6 Å². The number of piperazine rings is 2. The lowest BCUT2D eigenvalue weighted by molar-refractivity contribution is -0.386. The number of allylic oxidation sites excluding steroid dienone is 2. The summed E-state index contributed by atoms with van der Waals surface area (Å²) in [5, 5.41) is 27.8. The molecule has 0 unspecified atom stereocenters. The number of sulfone groups is 1. The van der Waals surface area contributed by atoms with Gasteiger partial charge in [-0.3, -0.25) is 39.6 Å². The third-order valence-corrected chi connectivity index (χ3v) is 29.8. The number of nitro groups is 2. The van der Waals surface area contributed by atoms with Gasteiger partial charge < -0.3 is 38.7 Å². The molecule has 0 bridgehead atoms. The molecule has 131 heavy (non-hydrogen) atoms. The predicted octanol–water partition coefficient (Wildman–Crippen LogP) is 18.8. The van der Waals surface area contributed by atoms with E-state index in [0.29, 0.717) is 52.0 Å². The van der Waals surface area contributed by atoms with Crippen molar-refractivity contribution in [3.8, 4) is 34.5 Å². The van der Waals surface area contributed by atoms with E-state index in [9.17, 15) is 55.1 Å². The number of anilines is 2. The maximum atomic E-state index is 14.1. The Morgan fingerprint density at radius 2 is 0.908 bits per heavy atom.